The van der Waals surface area contributed by atoms with Crippen molar-refractivity contribution >= 4 is 23.5 Å². The number of halogens is 1. The fraction of sp³-hybridized carbons (Fsp3) is 0.800. The van der Waals surface area contributed by atoms with Gasteiger partial charge in [-0.3, -0.25) is 10.1 Å². The van der Waals surface area contributed by atoms with E-state index in [1.807, 2.05) is 0 Å². The molecule has 1 rings (SSSR count). The van der Waals surface area contributed by atoms with Gasteiger partial charge in [0.1, 0.15) is 5.88 Å². The number of amides is 3. The molecule has 1 aliphatic carbocycles. The second-order valence-corrected chi connectivity index (χ2v) is 4.14. The van der Waals surface area contributed by atoms with Gasteiger partial charge in [-0.1, -0.05) is 25.7 Å². The van der Waals surface area contributed by atoms with Crippen LogP contribution in [0.2, 0.25) is 0 Å². The summed E-state index contributed by atoms with van der Waals surface area (Å²) in [5.41, 5.74) is 0. The number of hydrogen-bond donors (Lipinski definition) is 2. The lowest BCUT2D eigenvalue weighted by atomic mass is 10.0. The Labute approximate surface area is 94.7 Å². The first-order valence-corrected chi connectivity index (χ1v) is 5.89. The Hall–Kier alpha value is -0.770. The summed E-state index contributed by atoms with van der Waals surface area (Å²) >= 11 is 5.24. The molecule has 0 aliphatic heterocycles. The van der Waals surface area contributed by atoms with Crippen LogP contribution in [-0.4, -0.2) is 24.4 Å². The number of imide groups is 1. The highest BCUT2D eigenvalue weighted by atomic mass is 35.5. The van der Waals surface area contributed by atoms with Crippen molar-refractivity contribution in [1.82, 2.24) is 10.6 Å². The lowest BCUT2D eigenvalue weighted by Gasteiger charge is -2.09. The van der Waals surface area contributed by atoms with Crippen molar-refractivity contribution in [3.63, 3.8) is 0 Å². The van der Waals surface area contributed by atoms with E-state index in [9.17, 15) is 9.59 Å². The molecule has 0 spiro atoms. The van der Waals surface area contributed by atoms with E-state index in [2.05, 4.69) is 10.6 Å². The molecule has 5 heteroatoms. The van der Waals surface area contributed by atoms with Gasteiger partial charge in [0.15, 0.2) is 0 Å². The van der Waals surface area contributed by atoms with Gasteiger partial charge in [0, 0.05) is 6.54 Å². The minimum atomic E-state index is -0.463. The molecule has 2 N–H and O–H groups in total. The minimum absolute atomic E-state index is 0.184. The van der Waals surface area contributed by atoms with Crippen LogP contribution in [0.25, 0.3) is 0 Å². The molecule has 86 valence electrons. The number of carbonyl (C=O) groups is 2. The first kappa shape index (κ1) is 12.3. The molecule has 0 atom stereocenters. The van der Waals surface area contributed by atoms with E-state index in [4.69, 9.17) is 11.6 Å². The van der Waals surface area contributed by atoms with Crippen molar-refractivity contribution in [1.29, 1.82) is 0 Å². The summed E-state index contributed by atoms with van der Waals surface area (Å²) in [6.45, 7) is 0.631. The Balaban J connectivity index is 2.03. The van der Waals surface area contributed by atoms with Crippen molar-refractivity contribution < 1.29 is 9.59 Å². The van der Waals surface area contributed by atoms with E-state index in [1.54, 1.807) is 0 Å². The number of carbonyl (C=O) groups excluding carboxylic acids is 2. The predicted molar refractivity (Wildman–Crippen MR) is 58.8 cm³/mol. The van der Waals surface area contributed by atoms with Gasteiger partial charge in [0.05, 0.1) is 0 Å². The summed E-state index contributed by atoms with van der Waals surface area (Å²) in [7, 11) is 0. The van der Waals surface area contributed by atoms with Gasteiger partial charge in [-0.25, -0.2) is 4.79 Å². The normalized spacial score (nSPS) is 16.3. The number of alkyl halides is 1. The average Bonchev–Trinajstić information content (AvgIpc) is 2.70. The Bertz CT molecular complexity index is 227. The van der Waals surface area contributed by atoms with E-state index < -0.39 is 11.9 Å². The van der Waals surface area contributed by atoms with E-state index in [0.29, 0.717) is 6.54 Å². The van der Waals surface area contributed by atoms with E-state index in [0.717, 1.165) is 12.3 Å². The zero-order chi connectivity index (χ0) is 11.1. The van der Waals surface area contributed by atoms with E-state index >= 15 is 0 Å². The van der Waals surface area contributed by atoms with Gasteiger partial charge in [-0.15, -0.1) is 11.6 Å². The third-order valence-electron chi connectivity index (χ3n) is 2.69. The van der Waals surface area contributed by atoms with Crippen LogP contribution in [0.15, 0.2) is 0 Å². The van der Waals surface area contributed by atoms with Crippen LogP contribution in [0.3, 0.4) is 0 Å². The highest BCUT2D eigenvalue weighted by Crippen LogP contribution is 2.26. The first-order valence-electron chi connectivity index (χ1n) is 5.36. The monoisotopic (exact) mass is 232 g/mol. The average molecular weight is 233 g/mol. The third-order valence-corrected chi connectivity index (χ3v) is 2.93. The SMILES string of the molecule is O=C(CCl)NC(=O)NCCC1CCCC1. The molecular weight excluding hydrogens is 216 g/mol. The second kappa shape index (κ2) is 6.67. The lowest BCUT2D eigenvalue weighted by molar-refractivity contribution is -0.117. The predicted octanol–water partition coefficient (Wildman–Crippen LogP) is 1.63. The van der Waals surface area contributed by atoms with Crippen LogP contribution in [0.5, 0.6) is 0 Å². The molecule has 1 fully saturated rings. The molecular formula is C10H17ClN2O2. The highest BCUT2D eigenvalue weighted by molar-refractivity contribution is 6.28. The number of rotatable bonds is 4. The number of urea groups is 1. The molecule has 0 aromatic rings. The zero-order valence-corrected chi connectivity index (χ0v) is 9.48. The summed E-state index contributed by atoms with van der Waals surface area (Å²) in [5, 5.41) is 4.78. The molecule has 0 heterocycles. The minimum Gasteiger partial charge on any atom is -0.338 e. The summed E-state index contributed by atoms with van der Waals surface area (Å²) < 4.78 is 0. The van der Waals surface area contributed by atoms with Crippen LogP contribution in [0.4, 0.5) is 4.79 Å². The Morgan fingerprint density at radius 3 is 2.53 bits per heavy atom. The molecule has 15 heavy (non-hydrogen) atoms. The van der Waals surface area contributed by atoms with Gasteiger partial charge in [0.2, 0.25) is 5.91 Å². The highest BCUT2D eigenvalue weighted by Gasteiger charge is 2.14. The molecule has 3 amide bonds. The standard InChI is InChI=1S/C10H17ClN2O2/c11-7-9(14)13-10(15)12-6-5-8-3-1-2-4-8/h8H,1-7H2,(H2,12,13,14,15). The topological polar surface area (TPSA) is 58.2 Å². The van der Waals surface area contributed by atoms with Crippen LogP contribution in [0.1, 0.15) is 32.1 Å². The Kier molecular flexibility index (Phi) is 5.47. The molecule has 0 radical (unpaired) electrons. The summed E-state index contributed by atoms with van der Waals surface area (Å²) in [6.07, 6.45) is 6.15. The second-order valence-electron chi connectivity index (χ2n) is 3.88. The van der Waals surface area contributed by atoms with E-state index in [-0.39, 0.29) is 5.88 Å². The maximum absolute atomic E-state index is 11.1. The number of hydrogen-bond acceptors (Lipinski definition) is 2. The third kappa shape index (κ3) is 5.02. The van der Waals surface area contributed by atoms with E-state index in [1.165, 1.54) is 25.7 Å². The van der Waals surface area contributed by atoms with Crippen LogP contribution >= 0.6 is 11.6 Å². The zero-order valence-electron chi connectivity index (χ0n) is 8.72. The van der Waals surface area contributed by atoms with Gasteiger partial charge >= 0.3 is 6.03 Å². The summed E-state index contributed by atoms with van der Waals surface area (Å²) in [4.78, 5) is 21.8. The molecule has 0 saturated heterocycles. The fourth-order valence-electron chi connectivity index (χ4n) is 1.89. The maximum atomic E-state index is 11.1. The van der Waals surface area contributed by atoms with Gasteiger partial charge in [0.25, 0.3) is 0 Å². The molecule has 0 unspecified atom stereocenters. The van der Waals surface area contributed by atoms with Gasteiger partial charge in [-0.05, 0) is 12.3 Å². The largest absolute Gasteiger partial charge is 0.338 e. The van der Waals surface area contributed by atoms with Crippen molar-refractivity contribution in [3.8, 4) is 0 Å². The molecule has 1 aliphatic rings. The van der Waals surface area contributed by atoms with Crippen molar-refractivity contribution in [2.45, 2.75) is 32.1 Å². The number of nitrogens with one attached hydrogen (secondary N) is 2. The smallest absolute Gasteiger partial charge is 0.321 e. The molecule has 0 bridgehead atoms. The molecule has 0 aromatic heterocycles. The van der Waals surface area contributed by atoms with Gasteiger partial charge in [-0.2, -0.15) is 0 Å². The lowest BCUT2D eigenvalue weighted by Crippen LogP contribution is -2.40. The summed E-state index contributed by atoms with van der Waals surface area (Å²) in [5.74, 6) is 0.0971. The Morgan fingerprint density at radius 1 is 1.27 bits per heavy atom. The van der Waals surface area contributed by atoms with Crippen molar-refractivity contribution in [2.75, 3.05) is 12.4 Å². The quantitative estimate of drug-likeness (QED) is 0.724. The van der Waals surface area contributed by atoms with Crippen LogP contribution < -0.4 is 10.6 Å². The van der Waals surface area contributed by atoms with Crippen LogP contribution in [0, 0.1) is 5.92 Å². The van der Waals surface area contributed by atoms with Crippen molar-refractivity contribution in [3.05, 3.63) is 0 Å². The van der Waals surface area contributed by atoms with Crippen molar-refractivity contribution in [2.24, 2.45) is 5.92 Å². The summed E-state index contributed by atoms with van der Waals surface area (Å²) in [6, 6.07) is -0.446. The Morgan fingerprint density at radius 2 is 1.93 bits per heavy atom. The van der Waals surface area contributed by atoms with Gasteiger partial charge < -0.3 is 5.32 Å². The molecule has 0 aromatic carbocycles. The maximum Gasteiger partial charge on any atom is 0.321 e. The fourth-order valence-corrected chi connectivity index (χ4v) is 1.96. The first-order chi connectivity index (χ1) is 7.22. The molecule has 1 saturated carbocycles. The van der Waals surface area contributed by atoms with Crippen LogP contribution in [-0.2, 0) is 4.79 Å². The molecule has 4 nitrogen and oxygen atoms in total.